The molecule has 0 saturated heterocycles. The quantitative estimate of drug-likeness (QED) is 0.716. The normalized spacial score (nSPS) is 11.6. The van der Waals surface area contributed by atoms with Crippen LogP contribution in [0.15, 0.2) is 52.2 Å². The van der Waals surface area contributed by atoms with E-state index in [1.807, 2.05) is 6.92 Å². The molecule has 0 unspecified atom stereocenters. The molecule has 2 heterocycles. The average molecular weight is 397 g/mol. The van der Waals surface area contributed by atoms with E-state index in [4.69, 9.17) is 4.74 Å². The number of rotatable bonds is 5. The molecular weight excluding hydrogens is 384 g/mol. The first kappa shape index (κ1) is 15.8. The molecule has 0 aliphatic rings. The molecule has 0 amide bonds. The van der Waals surface area contributed by atoms with E-state index >= 15 is 0 Å². The van der Waals surface area contributed by atoms with Gasteiger partial charge in [0, 0.05) is 10.7 Å². The second-order valence-corrected chi connectivity index (χ2v) is 7.24. The predicted octanol–water partition coefficient (Wildman–Crippen LogP) is 2.69. The fourth-order valence-corrected chi connectivity index (χ4v) is 3.56. The highest BCUT2D eigenvalue weighted by Crippen LogP contribution is 2.24. The largest absolute Gasteiger partial charge is 0.494 e. The van der Waals surface area contributed by atoms with Crippen molar-refractivity contribution in [2.45, 2.75) is 11.8 Å². The molecule has 0 aliphatic carbocycles. The molecule has 0 saturated carbocycles. The van der Waals surface area contributed by atoms with E-state index in [1.54, 1.807) is 28.8 Å². The Kier molecular flexibility index (Phi) is 4.22. The second-order valence-electron chi connectivity index (χ2n) is 4.64. The van der Waals surface area contributed by atoms with Gasteiger partial charge in [-0.1, -0.05) is 0 Å². The van der Waals surface area contributed by atoms with E-state index in [-0.39, 0.29) is 4.90 Å². The average Bonchev–Trinajstić information content (AvgIpc) is 2.96. The summed E-state index contributed by atoms with van der Waals surface area (Å²) >= 11 is 3.33. The van der Waals surface area contributed by atoms with Gasteiger partial charge in [0.05, 0.1) is 17.2 Å². The smallest absolute Gasteiger partial charge is 0.262 e. The molecule has 1 N–H and O–H groups in total. The lowest BCUT2D eigenvalue weighted by atomic mass is 10.3. The summed E-state index contributed by atoms with van der Waals surface area (Å²) < 4.78 is 35.2. The van der Waals surface area contributed by atoms with E-state index in [1.165, 1.54) is 18.5 Å². The summed E-state index contributed by atoms with van der Waals surface area (Å²) in [5, 5.41) is 7.70. The number of aromatic nitrogens is 3. The summed E-state index contributed by atoms with van der Waals surface area (Å²) in [6.07, 6.45) is 3.23. The Balaban J connectivity index is 1.95. The van der Waals surface area contributed by atoms with Gasteiger partial charge in [-0.2, -0.15) is 0 Å². The van der Waals surface area contributed by atoms with Crippen LogP contribution in [0, 0.1) is 0 Å². The summed E-state index contributed by atoms with van der Waals surface area (Å²) in [5.41, 5.74) is 0.758. The van der Waals surface area contributed by atoms with Gasteiger partial charge in [-0.3, -0.25) is 9.12 Å². The van der Waals surface area contributed by atoms with E-state index in [0.29, 0.717) is 28.2 Å². The number of fused-ring (bicyclic) bond motifs is 1. The lowest BCUT2D eigenvalue weighted by Gasteiger charge is -2.10. The Hall–Kier alpha value is -2.13. The van der Waals surface area contributed by atoms with E-state index in [9.17, 15) is 8.42 Å². The van der Waals surface area contributed by atoms with Crippen molar-refractivity contribution in [1.82, 2.24) is 14.6 Å². The van der Waals surface area contributed by atoms with Crippen LogP contribution in [0.25, 0.3) is 5.65 Å². The third-order valence-corrected chi connectivity index (χ3v) is 4.86. The van der Waals surface area contributed by atoms with Crippen LogP contribution in [-0.4, -0.2) is 29.6 Å². The molecule has 3 rings (SSSR count). The van der Waals surface area contributed by atoms with Crippen LogP contribution in [0.4, 0.5) is 5.69 Å². The van der Waals surface area contributed by atoms with Gasteiger partial charge in [-0.25, -0.2) is 8.42 Å². The number of hydrogen-bond donors (Lipinski definition) is 1. The first-order chi connectivity index (χ1) is 11.0. The van der Waals surface area contributed by atoms with E-state index in [2.05, 4.69) is 30.8 Å². The lowest BCUT2D eigenvalue weighted by Crippen LogP contribution is -2.13. The standard InChI is InChI=1S/C14H13BrN4O3S/c1-2-22-11-3-5-12(6-4-11)23(20,21)18-13-7-10(15)8-19-9-16-17-14(13)19/h3-9,18H,2H2,1H3. The van der Waals surface area contributed by atoms with Crippen LogP contribution in [0.3, 0.4) is 0 Å². The summed E-state index contributed by atoms with van der Waals surface area (Å²) in [6, 6.07) is 7.85. The van der Waals surface area contributed by atoms with Gasteiger partial charge in [0.15, 0.2) is 5.65 Å². The minimum absolute atomic E-state index is 0.138. The maximum atomic E-state index is 12.5. The summed E-state index contributed by atoms with van der Waals surface area (Å²) in [6.45, 7) is 2.39. The van der Waals surface area contributed by atoms with Gasteiger partial charge < -0.3 is 4.74 Å². The Morgan fingerprint density at radius 1 is 1.30 bits per heavy atom. The summed E-state index contributed by atoms with van der Waals surface area (Å²) in [5.74, 6) is 0.619. The molecule has 23 heavy (non-hydrogen) atoms. The highest BCUT2D eigenvalue weighted by Gasteiger charge is 2.17. The van der Waals surface area contributed by atoms with Gasteiger partial charge >= 0.3 is 0 Å². The summed E-state index contributed by atoms with van der Waals surface area (Å²) in [7, 11) is -3.74. The Bertz CT molecular complexity index is 938. The number of benzene rings is 1. The SMILES string of the molecule is CCOc1ccc(S(=O)(=O)Nc2cc(Br)cn3cnnc23)cc1. The van der Waals surface area contributed by atoms with Crippen molar-refractivity contribution in [3.05, 3.63) is 47.3 Å². The topological polar surface area (TPSA) is 85.6 Å². The molecule has 3 aromatic rings. The molecule has 0 atom stereocenters. The first-order valence-electron chi connectivity index (χ1n) is 6.74. The third kappa shape index (κ3) is 3.30. The summed E-state index contributed by atoms with van der Waals surface area (Å²) in [4.78, 5) is 0.138. The molecule has 0 bridgehead atoms. The minimum Gasteiger partial charge on any atom is -0.494 e. The zero-order chi connectivity index (χ0) is 16.4. The number of nitrogens with zero attached hydrogens (tertiary/aromatic N) is 3. The van der Waals surface area contributed by atoms with Gasteiger partial charge in [0.1, 0.15) is 12.1 Å². The van der Waals surface area contributed by atoms with Crippen LogP contribution in [0.2, 0.25) is 0 Å². The van der Waals surface area contributed by atoms with Gasteiger partial charge in [0.25, 0.3) is 10.0 Å². The molecular formula is C14H13BrN4O3S. The van der Waals surface area contributed by atoms with Gasteiger partial charge in [0.2, 0.25) is 0 Å². The van der Waals surface area contributed by atoms with Crippen LogP contribution >= 0.6 is 15.9 Å². The van der Waals surface area contributed by atoms with Crippen molar-refractivity contribution >= 4 is 37.3 Å². The number of nitrogens with one attached hydrogen (secondary N) is 1. The molecule has 0 fully saturated rings. The maximum absolute atomic E-state index is 12.5. The fourth-order valence-electron chi connectivity index (χ4n) is 2.06. The van der Waals surface area contributed by atoms with Crippen LogP contribution in [0.1, 0.15) is 6.92 Å². The fraction of sp³-hybridized carbons (Fsp3) is 0.143. The van der Waals surface area contributed by atoms with E-state index < -0.39 is 10.0 Å². The first-order valence-corrected chi connectivity index (χ1v) is 9.02. The molecule has 1 aromatic carbocycles. The maximum Gasteiger partial charge on any atom is 0.262 e. The monoisotopic (exact) mass is 396 g/mol. The van der Waals surface area contributed by atoms with Crippen molar-refractivity contribution in [3.63, 3.8) is 0 Å². The Morgan fingerprint density at radius 3 is 2.74 bits per heavy atom. The molecule has 0 radical (unpaired) electrons. The van der Waals surface area contributed by atoms with Crippen LogP contribution in [0.5, 0.6) is 5.75 Å². The van der Waals surface area contributed by atoms with Gasteiger partial charge in [-0.15, -0.1) is 10.2 Å². The van der Waals surface area contributed by atoms with Crippen molar-refractivity contribution < 1.29 is 13.2 Å². The third-order valence-electron chi connectivity index (χ3n) is 3.05. The molecule has 7 nitrogen and oxygen atoms in total. The zero-order valence-corrected chi connectivity index (χ0v) is 14.5. The number of ether oxygens (including phenoxy) is 1. The molecule has 2 aromatic heterocycles. The van der Waals surface area contributed by atoms with Crippen molar-refractivity contribution in [2.24, 2.45) is 0 Å². The molecule has 9 heteroatoms. The number of halogens is 1. The van der Waals surface area contributed by atoms with Crippen molar-refractivity contribution in [3.8, 4) is 5.75 Å². The van der Waals surface area contributed by atoms with Gasteiger partial charge in [-0.05, 0) is 53.2 Å². The van der Waals surface area contributed by atoms with Crippen molar-refractivity contribution in [1.29, 1.82) is 0 Å². The van der Waals surface area contributed by atoms with Crippen LogP contribution < -0.4 is 9.46 Å². The zero-order valence-electron chi connectivity index (χ0n) is 12.1. The number of pyridine rings is 1. The number of anilines is 1. The predicted molar refractivity (Wildman–Crippen MR) is 89.1 cm³/mol. The Labute approximate surface area is 141 Å². The Morgan fingerprint density at radius 2 is 2.04 bits per heavy atom. The van der Waals surface area contributed by atoms with E-state index in [0.717, 1.165) is 0 Å². The van der Waals surface area contributed by atoms with Crippen LogP contribution in [-0.2, 0) is 10.0 Å². The highest BCUT2D eigenvalue weighted by molar-refractivity contribution is 9.10. The molecule has 120 valence electrons. The molecule has 0 aliphatic heterocycles. The second kappa shape index (κ2) is 6.17. The number of sulfonamides is 1. The lowest BCUT2D eigenvalue weighted by molar-refractivity contribution is 0.340. The number of hydrogen-bond acceptors (Lipinski definition) is 5. The molecule has 0 spiro atoms. The highest BCUT2D eigenvalue weighted by atomic mass is 79.9. The van der Waals surface area contributed by atoms with Crippen molar-refractivity contribution in [2.75, 3.05) is 11.3 Å². The minimum atomic E-state index is -3.74.